The van der Waals surface area contributed by atoms with Gasteiger partial charge in [0, 0.05) is 30.7 Å². The molecule has 0 bridgehead atoms. The predicted octanol–water partition coefficient (Wildman–Crippen LogP) is 5.94. The minimum Gasteiger partial charge on any atom is -0.367 e. The van der Waals surface area contributed by atoms with E-state index in [2.05, 4.69) is 45.9 Å². The largest absolute Gasteiger partial charge is 0.367 e. The molecule has 4 rings (SSSR count). The van der Waals surface area contributed by atoms with Crippen LogP contribution in [0.25, 0.3) is 10.8 Å². The van der Waals surface area contributed by atoms with Gasteiger partial charge in [0.05, 0.1) is 0 Å². The van der Waals surface area contributed by atoms with E-state index < -0.39 is 0 Å². The van der Waals surface area contributed by atoms with Crippen LogP contribution in [-0.4, -0.2) is 41.4 Å². The number of fused-ring (bicyclic) bond motifs is 1. The van der Waals surface area contributed by atoms with E-state index in [9.17, 15) is 4.79 Å². The minimum atomic E-state index is 0.217. The standard InChI is InChI=1S/C28H41N5O/c1-33(20-34)28(29)32-25(15-14-21-8-3-2-4-9-21)19-22-10-7-12-24(18-22)31-27-26-13-6-5-11-23(26)16-17-30-27/h5-6,11,13,16-17,20-22,24-25H,2-4,7-10,12,14-15,18-19H2,1H3,(H2,29,32)(H,30,31)/t22-,24+,25+/m0/s1. The summed E-state index contributed by atoms with van der Waals surface area (Å²) in [6, 6.07) is 11.2. The number of benzene rings is 1. The van der Waals surface area contributed by atoms with Gasteiger partial charge in [0.2, 0.25) is 6.41 Å². The van der Waals surface area contributed by atoms with Crippen molar-refractivity contribution in [2.24, 2.45) is 11.8 Å². The van der Waals surface area contributed by atoms with E-state index in [4.69, 9.17) is 5.41 Å². The van der Waals surface area contributed by atoms with Gasteiger partial charge in [0.25, 0.3) is 0 Å². The smallest absolute Gasteiger partial charge is 0.216 e. The lowest BCUT2D eigenvalue weighted by molar-refractivity contribution is -0.114. The van der Waals surface area contributed by atoms with Crippen LogP contribution >= 0.6 is 0 Å². The summed E-state index contributed by atoms with van der Waals surface area (Å²) in [6.07, 6.45) is 17.5. The molecule has 3 N–H and O–H groups in total. The number of hydrogen-bond donors (Lipinski definition) is 3. The lowest BCUT2D eigenvalue weighted by atomic mass is 9.79. The third-order valence-corrected chi connectivity index (χ3v) is 7.91. The lowest BCUT2D eigenvalue weighted by Crippen LogP contribution is -2.44. The molecule has 184 valence electrons. The summed E-state index contributed by atoms with van der Waals surface area (Å²) in [5.41, 5.74) is 0. The Balaban J connectivity index is 1.37. The first-order valence-electron chi connectivity index (χ1n) is 13.3. The Hall–Kier alpha value is -2.63. The van der Waals surface area contributed by atoms with Crippen molar-refractivity contribution in [1.29, 1.82) is 5.41 Å². The molecule has 0 aliphatic heterocycles. The Morgan fingerprint density at radius 3 is 2.74 bits per heavy atom. The molecule has 2 saturated carbocycles. The summed E-state index contributed by atoms with van der Waals surface area (Å²) < 4.78 is 0. The number of nitrogens with zero attached hydrogens (tertiary/aromatic N) is 2. The maximum atomic E-state index is 11.2. The van der Waals surface area contributed by atoms with Crippen LogP contribution in [-0.2, 0) is 4.79 Å². The number of amides is 1. The van der Waals surface area contributed by atoms with E-state index in [-0.39, 0.29) is 12.0 Å². The molecule has 1 heterocycles. The van der Waals surface area contributed by atoms with Gasteiger partial charge >= 0.3 is 0 Å². The number of rotatable bonds is 9. The summed E-state index contributed by atoms with van der Waals surface area (Å²) in [5, 5.41) is 17.8. The van der Waals surface area contributed by atoms with E-state index in [1.807, 2.05) is 6.20 Å². The van der Waals surface area contributed by atoms with Crippen LogP contribution in [0.4, 0.5) is 5.82 Å². The Morgan fingerprint density at radius 1 is 1.12 bits per heavy atom. The molecule has 2 aromatic rings. The van der Waals surface area contributed by atoms with Gasteiger partial charge in [0.15, 0.2) is 5.96 Å². The average molecular weight is 464 g/mol. The van der Waals surface area contributed by atoms with Crippen LogP contribution in [0.2, 0.25) is 0 Å². The maximum absolute atomic E-state index is 11.2. The topological polar surface area (TPSA) is 81.1 Å². The molecule has 6 heteroatoms. The molecule has 0 radical (unpaired) electrons. The van der Waals surface area contributed by atoms with Gasteiger partial charge in [0.1, 0.15) is 5.82 Å². The molecule has 2 aliphatic carbocycles. The number of carbonyl (C=O) groups excluding carboxylic acids is 1. The molecule has 0 spiro atoms. The first kappa shape index (κ1) is 24.5. The van der Waals surface area contributed by atoms with Crippen LogP contribution in [0.15, 0.2) is 36.5 Å². The molecule has 1 amide bonds. The van der Waals surface area contributed by atoms with E-state index in [1.165, 1.54) is 73.5 Å². The minimum absolute atomic E-state index is 0.217. The highest BCUT2D eigenvalue weighted by Gasteiger charge is 2.26. The highest BCUT2D eigenvalue weighted by Crippen LogP contribution is 2.33. The highest BCUT2D eigenvalue weighted by molar-refractivity contribution is 5.91. The number of anilines is 1. The summed E-state index contributed by atoms with van der Waals surface area (Å²) in [5.74, 6) is 2.65. The second-order valence-electron chi connectivity index (χ2n) is 10.5. The monoisotopic (exact) mass is 463 g/mol. The first-order chi connectivity index (χ1) is 16.6. The Morgan fingerprint density at radius 2 is 1.91 bits per heavy atom. The number of hydrogen-bond acceptors (Lipinski definition) is 4. The summed E-state index contributed by atoms with van der Waals surface area (Å²) >= 11 is 0. The summed E-state index contributed by atoms with van der Waals surface area (Å²) in [4.78, 5) is 17.1. The van der Waals surface area contributed by atoms with Crippen LogP contribution in [0.1, 0.15) is 77.0 Å². The molecule has 2 fully saturated rings. The molecule has 0 saturated heterocycles. The molecule has 0 unspecified atom stereocenters. The van der Waals surface area contributed by atoms with Crippen molar-refractivity contribution in [1.82, 2.24) is 15.2 Å². The SMILES string of the molecule is CN(C=O)C(=N)N[C@H](CCC1CCCCC1)C[C@H]1CCC[C@@H](Nc2nccc3ccccc23)C1. The Kier molecular flexibility index (Phi) is 8.78. The quantitative estimate of drug-likeness (QED) is 0.244. The number of nitrogens with one attached hydrogen (secondary N) is 3. The van der Waals surface area contributed by atoms with Crippen molar-refractivity contribution in [3.63, 3.8) is 0 Å². The second-order valence-corrected chi connectivity index (χ2v) is 10.5. The normalized spacial score (nSPS) is 22.1. The number of carbonyl (C=O) groups is 1. The van der Waals surface area contributed by atoms with Gasteiger partial charge in [-0.1, -0.05) is 69.2 Å². The van der Waals surface area contributed by atoms with Crippen molar-refractivity contribution < 1.29 is 4.79 Å². The first-order valence-corrected chi connectivity index (χ1v) is 13.3. The highest BCUT2D eigenvalue weighted by atomic mass is 16.1. The predicted molar refractivity (Wildman–Crippen MR) is 140 cm³/mol. The van der Waals surface area contributed by atoms with E-state index >= 15 is 0 Å². The molecule has 6 nitrogen and oxygen atoms in total. The van der Waals surface area contributed by atoms with E-state index in [1.54, 1.807) is 7.05 Å². The third kappa shape index (κ3) is 6.71. The van der Waals surface area contributed by atoms with Crippen LogP contribution in [0.5, 0.6) is 0 Å². The van der Waals surface area contributed by atoms with Crippen LogP contribution in [0, 0.1) is 17.2 Å². The Bertz CT molecular complexity index is 936. The Labute approximate surface area is 204 Å². The summed E-state index contributed by atoms with van der Waals surface area (Å²) in [7, 11) is 1.65. The summed E-state index contributed by atoms with van der Waals surface area (Å²) in [6.45, 7) is 0. The van der Waals surface area contributed by atoms with Crippen molar-refractivity contribution in [3.05, 3.63) is 36.5 Å². The van der Waals surface area contributed by atoms with Gasteiger partial charge in [-0.25, -0.2) is 4.98 Å². The van der Waals surface area contributed by atoms with Gasteiger partial charge in [-0.2, -0.15) is 0 Å². The van der Waals surface area contributed by atoms with Crippen molar-refractivity contribution in [2.45, 2.75) is 89.1 Å². The van der Waals surface area contributed by atoms with Crippen LogP contribution in [0.3, 0.4) is 0 Å². The molecular formula is C28H41N5O. The number of guanidine groups is 1. The van der Waals surface area contributed by atoms with Crippen LogP contribution < -0.4 is 10.6 Å². The molecule has 3 atom stereocenters. The van der Waals surface area contributed by atoms with Crippen molar-refractivity contribution >= 4 is 29.0 Å². The fourth-order valence-electron chi connectivity index (χ4n) is 5.98. The third-order valence-electron chi connectivity index (χ3n) is 7.91. The van der Waals surface area contributed by atoms with E-state index in [0.29, 0.717) is 18.4 Å². The number of aromatic nitrogens is 1. The lowest BCUT2D eigenvalue weighted by Gasteiger charge is -2.34. The maximum Gasteiger partial charge on any atom is 0.216 e. The average Bonchev–Trinajstić information content (AvgIpc) is 2.88. The van der Waals surface area contributed by atoms with Crippen molar-refractivity contribution in [3.8, 4) is 0 Å². The molecule has 1 aromatic carbocycles. The van der Waals surface area contributed by atoms with Gasteiger partial charge < -0.3 is 10.6 Å². The zero-order valence-electron chi connectivity index (χ0n) is 20.6. The van der Waals surface area contributed by atoms with Gasteiger partial charge in [-0.3, -0.25) is 15.1 Å². The molecular weight excluding hydrogens is 422 g/mol. The van der Waals surface area contributed by atoms with Gasteiger partial charge in [-0.15, -0.1) is 0 Å². The van der Waals surface area contributed by atoms with Crippen molar-refractivity contribution in [2.75, 3.05) is 12.4 Å². The second kappa shape index (κ2) is 12.2. The van der Waals surface area contributed by atoms with E-state index in [0.717, 1.165) is 31.0 Å². The fourth-order valence-corrected chi connectivity index (χ4v) is 5.98. The number of pyridine rings is 1. The molecule has 34 heavy (non-hydrogen) atoms. The molecule has 1 aromatic heterocycles. The zero-order valence-corrected chi connectivity index (χ0v) is 20.6. The fraction of sp³-hybridized carbons (Fsp3) is 0.607. The molecule has 2 aliphatic rings. The zero-order chi connectivity index (χ0) is 23.8. The van der Waals surface area contributed by atoms with Gasteiger partial charge in [-0.05, 0) is 55.4 Å².